The molecule has 2 heterocycles. The van der Waals surface area contributed by atoms with E-state index in [9.17, 15) is 14.0 Å². The van der Waals surface area contributed by atoms with Gasteiger partial charge < -0.3 is 15.1 Å². The van der Waals surface area contributed by atoms with Crippen molar-refractivity contribution in [2.24, 2.45) is 0 Å². The summed E-state index contributed by atoms with van der Waals surface area (Å²) < 4.78 is 19.3. The van der Waals surface area contributed by atoms with E-state index in [2.05, 4.69) is 10.6 Å². The van der Waals surface area contributed by atoms with E-state index in [1.807, 2.05) is 26.0 Å². The Bertz CT molecular complexity index is 808. The van der Waals surface area contributed by atoms with Crippen LogP contribution in [0.1, 0.15) is 30.0 Å². The highest BCUT2D eigenvalue weighted by Crippen LogP contribution is 2.24. The maximum Gasteiger partial charge on any atom is 0.244 e. The normalized spacial score (nSPS) is 21.1. The number of halogens is 1. The number of furan rings is 1. The number of hydrogen-bond acceptors (Lipinski definition) is 4. The molecule has 2 aromatic rings. The number of benzene rings is 1. The van der Waals surface area contributed by atoms with Gasteiger partial charge >= 0.3 is 0 Å². The molecule has 5 nitrogen and oxygen atoms in total. The van der Waals surface area contributed by atoms with Crippen molar-refractivity contribution in [1.29, 1.82) is 0 Å². The second-order valence-corrected chi connectivity index (χ2v) is 7.59. The van der Waals surface area contributed by atoms with Crippen molar-refractivity contribution < 1.29 is 18.4 Å². The molecule has 0 radical (unpaired) electrons. The Hall–Kier alpha value is -2.28. The molecular weight excluding hydrogens is 355 g/mol. The van der Waals surface area contributed by atoms with Gasteiger partial charge in [0.05, 0.1) is 11.3 Å². The standard InChI is InChI=1S/C19H21FN2O3S/c1-11-7-8-16(25-11)12(2)21-18(23)15-10-26-17(19(24)22-15)9-13-5-3-4-6-14(13)20/h3-8,12,15,17H,9-10H2,1-2H3,(H,21,23)(H,22,24). The summed E-state index contributed by atoms with van der Waals surface area (Å²) in [5, 5.41) is 5.19. The molecule has 0 bridgehead atoms. The molecule has 138 valence electrons. The minimum atomic E-state index is -0.608. The van der Waals surface area contributed by atoms with Crippen LogP contribution in [0.25, 0.3) is 0 Å². The minimum Gasteiger partial charge on any atom is -0.464 e. The lowest BCUT2D eigenvalue weighted by Gasteiger charge is -2.29. The third kappa shape index (κ3) is 4.27. The molecule has 0 aliphatic carbocycles. The van der Waals surface area contributed by atoms with Crippen LogP contribution < -0.4 is 10.6 Å². The van der Waals surface area contributed by atoms with Gasteiger partial charge in [-0.15, -0.1) is 11.8 Å². The van der Waals surface area contributed by atoms with Gasteiger partial charge in [-0.05, 0) is 44.0 Å². The summed E-state index contributed by atoms with van der Waals surface area (Å²) in [6.07, 6.45) is 0.305. The quantitative estimate of drug-likeness (QED) is 0.842. The summed E-state index contributed by atoms with van der Waals surface area (Å²) in [5.74, 6) is 1.08. The average Bonchev–Trinajstić information content (AvgIpc) is 3.05. The molecule has 0 saturated carbocycles. The molecule has 1 aromatic carbocycles. The lowest BCUT2D eigenvalue weighted by Crippen LogP contribution is -2.54. The van der Waals surface area contributed by atoms with E-state index in [4.69, 9.17) is 4.42 Å². The first-order valence-electron chi connectivity index (χ1n) is 8.46. The van der Waals surface area contributed by atoms with Crippen LogP contribution in [0, 0.1) is 12.7 Å². The Labute approximate surface area is 155 Å². The van der Waals surface area contributed by atoms with Gasteiger partial charge in [-0.2, -0.15) is 0 Å². The first-order valence-corrected chi connectivity index (χ1v) is 9.51. The van der Waals surface area contributed by atoms with Crippen LogP contribution in [0.3, 0.4) is 0 Å². The van der Waals surface area contributed by atoms with E-state index in [-0.39, 0.29) is 23.7 Å². The lowest BCUT2D eigenvalue weighted by atomic mass is 10.1. The van der Waals surface area contributed by atoms with Gasteiger partial charge in [0.15, 0.2) is 0 Å². The molecule has 1 fully saturated rings. The van der Waals surface area contributed by atoms with Crippen molar-refractivity contribution in [2.45, 2.75) is 37.6 Å². The summed E-state index contributed by atoms with van der Waals surface area (Å²) in [5.41, 5.74) is 0.505. The summed E-state index contributed by atoms with van der Waals surface area (Å²) in [6.45, 7) is 3.67. The zero-order valence-electron chi connectivity index (χ0n) is 14.6. The van der Waals surface area contributed by atoms with Crippen molar-refractivity contribution in [3.05, 3.63) is 59.3 Å². The largest absolute Gasteiger partial charge is 0.464 e. The number of amides is 2. The molecule has 3 atom stereocenters. The van der Waals surface area contributed by atoms with Gasteiger partial charge in [-0.3, -0.25) is 9.59 Å². The van der Waals surface area contributed by atoms with Gasteiger partial charge in [-0.25, -0.2) is 4.39 Å². The number of hydrogen-bond donors (Lipinski definition) is 2. The summed E-state index contributed by atoms with van der Waals surface area (Å²) in [6, 6.07) is 9.19. The molecule has 26 heavy (non-hydrogen) atoms. The zero-order chi connectivity index (χ0) is 18.7. The van der Waals surface area contributed by atoms with E-state index < -0.39 is 11.3 Å². The zero-order valence-corrected chi connectivity index (χ0v) is 15.4. The Morgan fingerprint density at radius 3 is 2.81 bits per heavy atom. The highest BCUT2D eigenvalue weighted by atomic mass is 32.2. The van der Waals surface area contributed by atoms with E-state index in [1.165, 1.54) is 17.8 Å². The summed E-state index contributed by atoms with van der Waals surface area (Å²) >= 11 is 1.38. The van der Waals surface area contributed by atoms with Gasteiger partial charge in [0.2, 0.25) is 11.8 Å². The second-order valence-electron chi connectivity index (χ2n) is 6.36. The monoisotopic (exact) mass is 376 g/mol. The van der Waals surface area contributed by atoms with Gasteiger partial charge in [0, 0.05) is 5.75 Å². The maximum absolute atomic E-state index is 13.8. The molecular formula is C19H21FN2O3S. The van der Waals surface area contributed by atoms with E-state index in [0.29, 0.717) is 23.5 Å². The minimum absolute atomic E-state index is 0.244. The predicted octanol–water partition coefficient (Wildman–Crippen LogP) is 2.75. The molecule has 2 N–H and O–H groups in total. The van der Waals surface area contributed by atoms with Gasteiger partial charge in [-0.1, -0.05) is 18.2 Å². The number of carbonyl (C=O) groups is 2. The molecule has 1 aliphatic rings. The number of carbonyl (C=O) groups excluding carboxylic acids is 2. The SMILES string of the molecule is Cc1ccc(C(C)NC(=O)C2CSC(Cc3ccccc3F)C(=O)N2)o1. The Kier molecular flexibility index (Phi) is 5.66. The lowest BCUT2D eigenvalue weighted by molar-refractivity contribution is -0.129. The van der Waals surface area contributed by atoms with Crippen molar-refractivity contribution in [2.75, 3.05) is 5.75 Å². The molecule has 1 aromatic heterocycles. The third-order valence-electron chi connectivity index (χ3n) is 4.30. The van der Waals surface area contributed by atoms with Crippen LogP contribution in [-0.2, 0) is 16.0 Å². The Morgan fingerprint density at radius 1 is 1.38 bits per heavy atom. The van der Waals surface area contributed by atoms with Gasteiger partial charge in [0.25, 0.3) is 0 Å². The number of rotatable bonds is 5. The third-order valence-corrected chi connectivity index (χ3v) is 5.61. The molecule has 7 heteroatoms. The van der Waals surface area contributed by atoms with E-state index in [0.717, 1.165) is 5.76 Å². The number of aryl methyl sites for hydroxylation is 1. The molecule has 3 rings (SSSR count). The average molecular weight is 376 g/mol. The number of nitrogens with one attached hydrogen (secondary N) is 2. The van der Waals surface area contributed by atoms with Gasteiger partial charge in [0.1, 0.15) is 23.4 Å². The van der Waals surface area contributed by atoms with E-state index in [1.54, 1.807) is 18.2 Å². The highest BCUT2D eigenvalue weighted by molar-refractivity contribution is 8.00. The first kappa shape index (κ1) is 18.5. The highest BCUT2D eigenvalue weighted by Gasteiger charge is 2.33. The van der Waals surface area contributed by atoms with Crippen LogP contribution >= 0.6 is 11.8 Å². The molecule has 3 unspecified atom stereocenters. The molecule has 2 amide bonds. The van der Waals surface area contributed by atoms with Crippen molar-refractivity contribution >= 4 is 23.6 Å². The smallest absolute Gasteiger partial charge is 0.244 e. The van der Waals surface area contributed by atoms with Crippen LogP contribution in [0.4, 0.5) is 4.39 Å². The van der Waals surface area contributed by atoms with E-state index >= 15 is 0 Å². The van der Waals surface area contributed by atoms with Crippen molar-refractivity contribution in [1.82, 2.24) is 10.6 Å². The second kappa shape index (κ2) is 7.95. The predicted molar refractivity (Wildman–Crippen MR) is 98.3 cm³/mol. The van der Waals surface area contributed by atoms with Crippen LogP contribution in [-0.4, -0.2) is 28.9 Å². The fraction of sp³-hybridized carbons (Fsp3) is 0.368. The van der Waals surface area contributed by atoms with Crippen LogP contribution in [0.5, 0.6) is 0 Å². The first-order chi connectivity index (χ1) is 12.4. The molecule has 0 spiro atoms. The topological polar surface area (TPSA) is 71.3 Å². The fourth-order valence-electron chi connectivity index (χ4n) is 2.82. The van der Waals surface area contributed by atoms with Crippen molar-refractivity contribution in [3.63, 3.8) is 0 Å². The van der Waals surface area contributed by atoms with Crippen LogP contribution in [0.15, 0.2) is 40.8 Å². The van der Waals surface area contributed by atoms with Crippen LogP contribution in [0.2, 0.25) is 0 Å². The maximum atomic E-state index is 13.8. The summed E-state index contributed by atoms with van der Waals surface area (Å²) in [7, 11) is 0. The van der Waals surface area contributed by atoms with Crippen molar-refractivity contribution in [3.8, 4) is 0 Å². The molecule has 1 aliphatic heterocycles. The summed E-state index contributed by atoms with van der Waals surface area (Å²) in [4.78, 5) is 24.7. The Morgan fingerprint density at radius 2 is 2.15 bits per heavy atom. The fourth-order valence-corrected chi connectivity index (χ4v) is 4.00. The number of thioether (sulfide) groups is 1. The Balaban J connectivity index is 1.55. The molecule has 1 saturated heterocycles.